The van der Waals surface area contributed by atoms with Crippen molar-refractivity contribution in [3.63, 3.8) is 0 Å². The number of carbonyl (C=O) groups is 1. The molecule has 0 atom stereocenters. The largest absolute Gasteiger partial charge is 0.341 e. The zero-order valence-electron chi connectivity index (χ0n) is 11.5. The first-order chi connectivity index (χ1) is 9.74. The van der Waals surface area contributed by atoms with Gasteiger partial charge in [0.05, 0.1) is 0 Å². The summed E-state index contributed by atoms with van der Waals surface area (Å²) in [5.41, 5.74) is 0.912. The molecule has 3 rings (SSSR count). The van der Waals surface area contributed by atoms with E-state index in [4.69, 9.17) is 0 Å². The molecule has 1 saturated heterocycles. The average molecular weight is 274 g/mol. The third-order valence-corrected chi connectivity index (χ3v) is 4.00. The van der Waals surface area contributed by atoms with Gasteiger partial charge in [-0.3, -0.25) is 4.79 Å². The highest BCUT2D eigenvalue weighted by Gasteiger charge is 2.16. The Bertz CT molecular complexity index is 612. The van der Waals surface area contributed by atoms with Gasteiger partial charge < -0.3 is 9.47 Å². The van der Waals surface area contributed by atoms with Crippen molar-refractivity contribution in [2.24, 2.45) is 0 Å². The SMILES string of the molecule is O=C(Cn1ccc2cc(F)ccc21)N1CCCCCC1. The minimum atomic E-state index is -0.242. The molecule has 0 aliphatic carbocycles. The lowest BCUT2D eigenvalue weighted by atomic mass is 10.2. The van der Waals surface area contributed by atoms with Crippen LogP contribution in [0.4, 0.5) is 4.39 Å². The summed E-state index contributed by atoms with van der Waals surface area (Å²) in [5.74, 6) is -0.0807. The van der Waals surface area contributed by atoms with E-state index in [1.54, 1.807) is 6.07 Å². The topological polar surface area (TPSA) is 25.2 Å². The first-order valence-electron chi connectivity index (χ1n) is 7.26. The van der Waals surface area contributed by atoms with E-state index in [-0.39, 0.29) is 11.7 Å². The molecule has 106 valence electrons. The molecule has 2 heterocycles. The zero-order chi connectivity index (χ0) is 13.9. The fourth-order valence-corrected chi connectivity index (χ4v) is 2.87. The molecule has 0 radical (unpaired) electrons. The summed E-state index contributed by atoms with van der Waals surface area (Å²) in [6.45, 7) is 2.08. The van der Waals surface area contributed by atoms with Crippen LogP contribution in [-0.2, 0) is 11.3 Å². The number of hydrogen-bond acceptors (Lipinski definition) is 1. The van der Waals surface area contributed by atoms with Crippen molar-refractivity contribution < 1.29 is 9.18 Å². The monoisotopic (exact) mass is 274 g/mol. The van der Waals surface area contributed by atoms with Gasteiger partial charge in [-0.25, -0.2) is 4.39 Å². The quantitative estimate of drug-likeness (QED) is 0.825. The molecule has 1 aromatic carbocycles. The Morgan fingerprint density at radius 2 is 1.85 bits per heavy atom. The number of halogens is 1. The standard InChI is InChI=1S/C16H19FN2O/c17-14-5-6-15-13(11-14)7-10-19(15)12-16(20)18-8-3-1-2-4-9-18/h5-7,10-11H,1-4,8-9,12H2. The number of hydrogen-bond donors (Lipinski definition) is 0. The Morgan fingerprint density at radius 1 is 1.10 bits per heavy atom. The van der Waals surface area contributed by atoms with Gasteiger partial charge in [-0.1, -0.05) is 12.8 Å². The Morgan fingerprint density at radius 3 is 2.60 bits per heavy atom. The van der Waals surface area contributed by atoms with Gasteiger partial charge in [-0.05, 0) is 37.1 Å². The summed E-state index contributed by atoms with van der Waals surface area (Å²) in [6, 6.07) is 6.53. The second-order valence-electron chi connectivity index (χ2n) is 5.44. The number of rotatable bonds is 2. The Labute approximate surface area is 118 Å². The van der Waals surface area contributed by atoms with Gasteiger partial charge in [-0.2, -0.15) is 0 Å². The third-order valence-electron chi connectivity index (χ3n) is 4.00. The van der Waals surface area contributed by atoms with Gasteiger partial charge in [0, 0.05) is 30.2 Å². The van der Waals surface area contributed by atoms with Crippen LogP contribution >= 0.6 is 0 Å². The summed E-state index contributed by atoms with van der Waals surface area (Å²) in [7, 11) is 0. The van der Waals surface area contributed by atoms with E-state index in [0.717, 1.165) is 36.8 Å². The maximum atomic E-state index is 13.2. The highest BCUT2D eigenvalue weighted by Crippen LogP contribution is 2.18. The second kappa shape index (κ2) is 5.65. The van der Waals surface area contributed by atoms with E-state index in [1.165, 1.54) is 25.0 Å². The summed E-state index contributed by atoms with van der Waals surface area (Å²) < 4.78 is 15.1. The van der Waals surface area contributed by atoms with Gasteiger partial charge >= 0.3 is 0 Å². The van der Waals surface area contributed by atoms with Crippen molar-refractivity contribution in [2.45, 2.75) is 32.2 Å². The first kappa shape index (κ1) is 13.2. The van der Waals surface area contributed by atoms with Crippen LogP contribution in [0.3, 0.4) is 0 Å². The van der Waals surface area contributed by atoms with Crippen molar-refractivity contribution in [3.05, 3.63) is 36.3 Å². The number of carbonyl (C=O) groups excluding carboxylic acids is 1. The van der Waals surface area contributed by atoms with E-state index in [0.29, 0.717) is 6.54 Å². The van der Waals surface area contributed by atoms with E-state index >= 15 is 0 Å². The molecule has 0 bridgehead atoms. The predicted molar refractivity (Wildman–Crippen MR) is 76.9 cm³/mol. The molecule has 0 spiro atoms. The number of amides is 1. The number of nitrogens with zero attached hydrogens (tertiary/aromatic N) is 2. The maximum absolute atomic E-state index is 13.2. The van der Waals surface area contributed by atoms with E-state index in [2.05, 4.69) is 0 Å². The van der Waals surface area contributed by atoms with Crippen LogP contribution in [0.5, 0.6) is 0 Å². The van der Waals surface area contributed by atoms with Crippen LogP contribution in [0.2, 0.25) is 0 Å². The Kier molecular flexibility index (Phi) is 3.72. The second-order valence-corrected chi connectivity index (χ2v) is 5.44. The van der Waals surface area contributed by atoms with Crippen LogP contribution in [0.25, 0.3) is 10.9 Å². The molecular formula is C16H19FN2O. The summed E-state index contributed by atoms with van der Waals surface area (Å²) in [5, 5.41) is 0.841. The van der Waals surface area contributed by atoms with Crippen molar-refractivity contribution in [1.82, 2.24) is 9.47 Å². The molecular weight excluding hydrogens is 255 g/mol. The van der Waals surface area contributed by atoms with Crippen LogP contribution in [0.15, 0.2) is 30.5 Å². The summed E-state index contributed by atoms with van der Waals surface area (Å²) in [6.07, 6.45) is 6.50. The van der Waals surface area contributed by atoms with Crippen LogP contribution in [-0.4, -0.2) is 28.5 Å². The van der Waals surface area contributed by atoms with E-state index in [1.807, 2.05) is 21.7 Å². The summed E-state index contributed by atoms with van der Waals surface area (Å²) in [4.78, 5) is 14.3. The lowest BCUT2D eigenvalue weighted by molar-refractivity contribution is -0.131. The van der Waals surface area contributed by atoms with Crippen molar-refractivity contribution in [2.75, 3.05) is 13.1 Å². The number of fused-ring (bicyclic) bond motifs is 1. The molecule has 1 amide bonds. The minimum absolute atomic E-state index is 0.161. The highest BCUT2D eigenvalue weighted by molar-refractivity contribution is 5.83. The van der Waals surface area contributed by atoms with Crippen LogP contribution in [0.1, 0.15) is 25.7 Å². The lowest BCUT2D eigenvalue weighted by Gasteiger charge is -2.20. The molecule has 4 heteroatoms. The molecule has 0 unspecified atom stereocenters. The van der Waals surface area contributed by atoms with Crippen molar-refractivity contribution in [1.29, 1.82) is 0 Å². The molecule has 20 heavy (non-hydrogen) atoms. The van der Waals surface area contributed by atoms with Gasteiger partial charge in [0.1, 0.15) is 12.4 Å². The van der Waals surface area contributed by atoms with Gasteiger partial charge in [0.25, 0.3) is 0 Å². The van der Waals surface area contributed by atoms with E-state index in [9.17, 15) is 9.18 Å². The Hall–Kier alpha value is -1.84. The molecule has 1 aliphatic heterocycles. The molecule has 1 fully saturated rings. The fraction of sp³-hybridized carbons (Fsp3) is 0.438. The molecule has 1 aliphatic rings. The number of likely N-dealkylation sites (tertiary alicyclic amines) is 1. The molecule has 0 saturated carbocycles. The molecule has 0 N–H and O–H groups in total. The van der Waals surface area contributed by atoms with Gasteiger partial charge in [0.15, 0.2) is 0 Å². The normalized spacial score (nSPS) is 16.4. The third kappa shape index (κ3) is 2.69. The fourth-order valence-electron chi connectivity index (χ4n) is 2.87. The van der Waals surface area contributed by atoms with Crippen LogP contribution < -0.4 is 0 Å². The molecule has 3 nitrogen and oxygen atoms in total. The molecule has 2 aromatic rings. The van der Waals surface area contributed by atoms with Gasteiger partial charge in [-0.15, -0.1) is 0 Å². The predicted octanol–water partition coefficient (Wildman–Crippen LogP) is 3.18. The lowest BCUT2D eigenvalue weighted by Crippen LogP contribution is -2.34. The maximum Gasteiger partial charge on any atom is 0.242 e. The van der Waals surface area contributed by atoms with Crippen molar-refractivity contribution >= 4 is 16.8 Å². The Balaban J connectivity index is 1.76. The minimum Gasteiger partial charge on any atom is -0.341 e. The number of aromatic nitrogens is 1. The van der Waals surface area contributed by atoms with Crippen LogP contribution in [0, 0.1) is 5.82 Å². The number of benzene rings is 1. The molecule has 1 aromatic heterocycles. The summed E-state index contributed by atoms with van der Waals surface area (Å²) >= 11 is 0. The first-order valence-corrected chi connectivity index (χ1v) is 7.26. The highest BCUT2D eigenvalue weighted by atomic mass is 19.1. The van der Waals surface area contributed by atoms with Gasteiger partial charge in [0.2, 0.25) is 5.91 Å². The smallest absolute Gasteiger partial charge is 0.242 e. The van der Waals surface area contributed by atoms with E-state index < -0.39 is 0 Å². The average Bonchev–Trinajstić information content (AvgIpc) is 2.66. The zero-order valence-corrected chi connectivity index (χ0v) is 11.5. The van der Waals surface area contributed by atoms with Crippen molar-refractivity contribution in [3.8, 4) is 0 Å².